The standard InChI is InChI=1S/C10H20O2/c1-11-7-10(8-12-2)6-9-4-3-5-9/h9-10H,3-8H2,1-2H3. The lowest BCUT2D eigenvalue weighted by Crippen LogP contribution is -2.22. The van der Waals surface area contributed by atoms with Gasteiger partial charge in [0.05, 0.1) is 13.2 Å². The molecule has 1 rings (SSSR count). The summed E-state index contributed by atoms with van der Waals surface area (Å²) in [6.07, 6.45) is 5.56. The zero-order valence-electron chi connectivity index (χ0n) is 8.21. The van der Waals surface area contributed by atoms with E-state index >= 15 is 0 Å². The number of rotatable bonds is 6. The predicted octanol–water partition coefficient (Wildman–Crippen LogP) is 2.09. The summed E-state index contributed by atoms with van der Waals surface area (Å²) in [7, 11) is 3.53. The molecule has 0 bridgehead atoms. The summed E-state index contributed by atoms with van der Waals surface area (Å²) in [5, 5.41) is 0. The largest absolute Gasteiger partial charge is 0.384 e. The molecule has 0 atom stereocenters. The van der Waals surface area contributed by atoms with Gasteiger partial charge in [-0.3, -0.25) is 0 Å². The van der Waals surface area contributed by atoms with Gasteiger partial charge in [-0.25, -0.2) is 0 Å². The second kappa shape index (κ2) is 5.55. The van der Waals surface area contributed by atoms with Gasteiger partial charge in [-0.1, -0.05) is 19.3 Å². The monoisotopic (exact) mass is 172 g/mol. The smallest absolute Gasteiger partial charge is 0.0512 e. The van der Waals surface area contributed by atoms with E-state index in [4.69, 9.17) is 9.47 Å². The second-order valence-corrected chi connectivity index (χ2v) is 3.81. The third-order valence-corrected chi connectivity index (χ3v) is 2.70. The number of hydrogen-bond acceptors (Lipinski definition) is 2. The van der Waals surface area contributed by atoms with Crippen LogP contribution in [-0.4, -0.2) is 27.4 Å². The van der Waals surface area contributed by atoms with Crippen LogP contribution in [0.15, 0.2) is 0 Å². The van der Waals surface area contributed by atoms with Gasteiger partial charge in [-0.15, -0.1) is 0 Å². The highest BCUT2D eigenvalue weighted by Gasteiger charge is 2.21. The van der Waals surface area contributed by atoms with Crippen LogP contribution < -0.4 is 0 Å². The first kappa shape index (κ1) is 10.0. The van der Waals surface area contributed by atoms with Crippen molar-refractivity contribution < 1.29 is 9.47 Å². The van der Waals surface area contributed by atoms with E-state index in [0.717, 1.165) is 19.1 Å². The minimum Gasteiger partial charge on any atom is -0.384 e. The molecule has 0 spiro atoms. The van der Waals surface area contributed by atoms with Crippen LogP contribution in [0.5, 0.6) is 0 Å². The maximum absolute atomic E-state index is 5.15. The van der Waals surface area contributed by atoms with Crippen molar-refractivity contribution in [2.75, 3.05) is 27.4 Å². The van der Waals surface area contributed by atoms with Crippen molar-refractivity contribution in [2.45, 2.75) is 25.7 Å². The molecule has 2 nitrogen and oxygen atoms in total. The molecule has 0 aromatic rings. The molecule has 0 saturated heterocycles. The third kappa shape index (κ3) is 3.11. The van der Waals surface area contributed by atoms with E-state index in [0.29, 0.717) is 5.92 Å². The van der Waals surface area contributed by atoms with Crippen molar-refractivity contribution in [1.82, 2.24) is 0 Å². The van der Waals surface area contributed by atoms with E-state index in [9.17, 15) is 0 Å². The minimum absolute atomic E-state index is 0.616. The van der Waals surface area contributed by atoms with Crippen LogP contribution in [-0.2, 0) is 9.47 Å². The summed E-state index contributed by atoms with van der Waals surface area (Å²) in [5.74, 6) is 1.57. The van der Waals surface area contributed by atoms with Crippen LogP contribution in [0.1, 0.15) is 25.7 Å². The second-order valence-electron chi connectivity index (χ2n) is 3.81. The molecular formula is C10H20O2. The maximum atomic E-state index is 5.15. The minimum atomic E-state index is 0.616. The average molecular weight is 172 g/mol. The van der Waals surface area contributed by atoms with Crippen LogP contribution in [0.3, 0.4) is 0 Å². The van der Waals surface area contributed by atoms with Crippen LogP contribution in [0.25, 0.3) is 0 Å². The Hall–Kier alpha value is -0.0800. The molecular weight excluding hydrogens is 152 g/mol. The first-order chi connectivity index (χ1) is 5.86. The number of hydrogen-bond donors (Lipinski definition) is 0. The van der Waals surface area contributed by atoms with Gasteiger partial charge in [0.1, 0.15) is 0 Å². The van der Waals surface area contributed by atoms with Crippen molar-refractivity contribution in [3.63, 3.8) is 0 Å². The highest BCUT2D eigenvalue weighted by Crippen LogP contribution is 2.32. The SMILES string of the molecule is COCC(COC)CC1CCC1. The van der Waals surface area contributed by atoms with E-state index in [2.05, 4.69) is 0 Å². The molecule has 12 heavy (non-hydrogen) atoms. The van der Waals surface area contributed by atoms with E-state index in [1.807, 2.05) is 0 Å². The lowest BCUT2D eigenvalue weighted by atomic mass is 9.79. The summed E-state index contributed by atoms with van der Waals surface area (Å²) < 4.78 is 10.3. The van der Waals surface area contributed by atoms with Crippen molar-refractivity contribution in [3.05, 3.63) is 0 Å². The molecule has 1 fully saturated rings. The Balaban J connectivity index is 2.11. The van der Waals surface area contributed by atoms with Crippen molar-refractivity contribution in [3.8, 4) is 0 Å². The van der Waals surface area contributed by atoms with Gasteiger partial charge in [-0.2, -0.15) is 0 Å². The first-order valence-electron chi connectivity index (χ1n) is 4.84. The Labute approximate surface area is 75.2 Å². The van der Waals surface area contributed by atoms with Gasteiger partial charge >= 0.3 is 0 Å². The molecule has 0 aromatic carbocycles. The van der Waals surface area contributed by atoms with Gasteiger partial charge in [0.2, 0.25) is 0 Å². The summed E-state index contributed by atoms with van der Waals surface area (Å²) in [6.45, 7) is 1.70. The predicted molar refractivity (Wildman–Crippen MR) is 49.2 cm³/mol. The Morgan fingerprint density at radius 2 is 1.75 bits per heavy atom. The molecule has 1 aliphatic rings. The van der Waals surface area contributed by atoms with Crippen LogP contribution >= 0.6 is 0 Å². The van der Waals surface area contributed by atoms with E-state index in [1.54, 1.807) is 14.2 Å². The van der Waals surface area contributed by atoms with Crippen LogP contribution in [0.2, 0.25) is 0 Å². The molecule has 2 heteroatoms. The van der Waals surface area contributed by atoms with Gasteiger partial charge in [-0.05, 0) is 12.3 Å². The zero-order chi connectivity index (χ0) is 8.81. The van der Waals surface area contributed by atoms with Gasteiger partial charge in [0.25, 0.3) is 0 Å². The molecule has 72 valence electrons. The Morgan fingerprint density at radius 1 is 1.17 bits per heavy atom. The fraction of sp³-hybridized carbons (Fsp3) is 1.00. The topological polar surface area (TPSA) is 18.5 Å². The normalized spacial score (nSPS) is 18.2. The first-order valence-corrected chi connectivity index (χ1v) is 4.84. The molecule has 0 radical (unpaired) electrons. The molecule has 1 saturated carbocycles. The van der Waals surface area contributed by atoms with Crippen LogP contribution in [0.4, 0.5) is 0 Å². The van der Waals surface area contributed by atoms with Gasteiger partial charge < -0.3 is 9.47 Å². The Morgan fingerprint density at radius 3 is 2.08 bits per heavy atom. The lowest BCUT2D eigenvalue weighted by Gasteiger charge is -2.29. The maximum Gasteiger partial charge on any atom is 0.0512 e. The fourth-order valence-electron chi connectivity index (χ4n) is 1.86. The average Bonchev–Trinajstić information content (AvgIpc) is 1.97. The summed E-state index contributed by atoms with van der Waals surface area (Å²) in [6, 6.07) is 0. The highest BCUT2D eigenvalue weighted by atomic mass is 16.5. The van der Waals surface area contributed by atoms with Crippen molar-refractivity contribution in [2.24, 2.45) is 11.8 Å². The third-order valence-electron chi connectivity index (χ3n) is 2.70. The highest BCUT2D eigenvalue weighted by molar-refractivity contribution is 4.73. The van der Waals surface area contributed by atoms with Gasteiger partial charge in [0.15, 0.2) is 0 Å². The molecule has 0 unspecified atom stereocenters. The zero-order valence-corrected chi connectivity index (χ0v) is 8.21. The lowest BCUT2D eigenvalue weighted by molar-refractivity contribution is 0.0629. The summed E-state index contributed by atoms with van der Waals surface area (Å²) in [4.78, 5) is 0. The van der Waals surface area contributed by atoms with Crippen molar-refractivity contribution >= 4 is 0 Å². The molecule has 0 heterocycles. The summed E-state index contributed by atoms with van der Waals surface area (Å²) >= 11 is 0. The molecule has 0 aliphatic heterocycles. The van der Waals surface area contributed by atoms with Gasteiger partial charge in [0, 0.05) is 20.1 Å². The molecule has 1 aliphatic carbocycles. The van der Waals surface area contributed by atoms with E-state index in [-0.39, 0.29) is 0 Å². The fourth-order valence-corrected chi connectivity index (χ4v) is 1.86. The Bertz CT molecular complexity index is 104. The summed E-state index contributed by atoms with van der Waals surface area (Å²) in [5.41, 5.74) is 0. The van der Waals surface area contributed by atoms with E-state index in [1.165, 1.54) is 25.7 Å². The number of methoxy groups -OCH3 is 2. The van der Waals surface area contributed by atoms with Crippen LogP contribution in [0, 0.1) is 11.8 Å². The van der Waals surface area contributed by atoms with E-state index < -0.39 is 0 Å². The van der Waals surface area contributed by atoms with Crippen molar-refractivity contribution in [1.29, 1.82) is 0 Å². The number of ether oxygens (including phenoxy) is 2. The Kier molecular flexibility index (Phi) is 4.62. The quantitative estimate of drug-likeness (QED) is 0.610. The molecule has 0 amide bonds. The molecule has 0 aromatic heterocycles. The molecule has 0 N–H and O–H groups in total.